The Kier molecular flexibility index (Phi) is 7.10. The third-order valence-corrected chi connectivity index (χ3v) is 9.12. The monoisotopic (exact) mass is 626 g/mol. The van der Waals surface area contributed by atoms with E-state index in [1.54, 1.807) is 0 Å². The molecule has 4 heteroatoms. The summed E-state index contributed by atoms with van der Waals surface area (Å²) in [6, 6.07) is 63.3. The standard InChI is InChI=1S/C45H30N4/c1-3-15-31(16-4-1)35-19-7-8-20-36(35)33-27-29-34(30-28-33)43-46-44(40-24-10-9-21-37(40)32-17-5-2-6-18-32)48-45(47-43)49-41-25-13-11-22-38(41)39-23-12-14-26-42(39)49/h1-30H. The van der Waals surface area contributed by atoms with E-state index in [0.717, 1.165) is 49.6 Å². The fraction of sp³-hybridized carbons (Fsp3) is 0. The van der Waals surface area contributed by atoms with Crippen LogP contribution < -0.4 is 0 Å². The summed E-state index contributed by atoms with van der Waals surface area (Å²) in [7, 11) is 0. The SMILES string of the molecule is c1ccc(-c2ccccc2-c2ccc(-c3nc(-c4ccccc4-c4ccccc4)nc(-n4c5ccccc5c5ccccc54)n3)cc2)cc1. The number of fused-ring (bicyclic) bond motifs is 3. The Morgan fingerprint density at radius 1 is 0.286 bits per heavy atom. The second-order valence-electron chi connectivity index (χ2n) is 12.1. The number of hydrogen-bond acceptors (Lipinski definition) is 3. The van der Waals surface area contributed by atoms with Crippen LogP contribution in [0.25, 0.3) is 83.9 Å². The van der Waals surface area contributed by atoms with Crippen LogP contribution in [0, 0.1) is 0 Å². The summed E-state index contributed by atoms with van der Waals surface area (Å²) < 4.78 is 2.16. The lowest BCUT2D eigenvalue weighted by atomic mass is 9.94. The first kappa shape index (κ1) is 28.6. The van der Waals surface area contributed by atoms with E-state index >= 15 is 0 Å². The Balaban J connectivity index is 1.24. The fourth-order valence-corrected chi connectivity index (χ4v) is 6.80. The first-order valence-corrected chi connectivity index (χ1v) is 16.5. The van der Waals surface area contributed by atoms with Crippen molar-refractivity contribution in [3.05, 3.63) is 182 Å². The highest BCUT2D eigenvalue weighted by atomic mass is 15.2. The molecule has 0 radical (unpaired) electrons. The molecule has 49 heavy (non-hydrogen) atoms. The van der Waals surface area contributed by atoms with Gasteiger partial charge in [0.05, 0.1) is 11.0 Å². The van der Waals surface area contributed by atoms with Gasteiger partial charge in [-0.2, -0.15) is 9.97 Å². The molecule has 0 atom stereocenters. The van der Waals surface area contributed by atoms with Crippen molar-refractivity contribution in [2.45, 2.75) is 0 Å². The van der Waals surface area contributed by atoms with Gasteiger partial charge >= 0.3 is 0 Å². The van der Waals surface area contributed by atoms with E-state index in [1.165, 1.54) is 16.7 Å². The Morgan fingerprint density at radius 2 is 0.673 bits per heavy atom. The van der Waals surface area contributed by atoms with Gasteiger partial charge in [-0.05, 0) is 45.5 Å². The van der Waals surface area contributed by atoms with Gasteiger partial charge in [0, 0.05) is 21.9 Å². The van der Waals surface area contributed by atoms with Crippen LogP contribution in [0.5, 0.6) is 0 Å². The number of benzene rings is 7. The lowest BCUT2D eigenvalue weighted by Crippen LogP contribution is -2.06. The average Bonchev–Trinajstić information content (AvgIpc) is 3.53. The zero-order chi connectivity index (χ0) is 32.6. The van der Waals surface area contributed by atoms with Crippen molar-refractivity contribution in [2.75, 3.05) is 0 Å². The molecular formula is C45H30N4. The normalized spacial score (nSPS) is 11.3. The highest BCUT2D eigenvalue weighted by molar-refractivity contribution is 6.09. The molecule has 9 rings (SSSR count). The summed E-state index contributed by atoms with van der Waals surface area (Å²) in [6.07, 6.45) is 0. The lowest BCUT2D eigenvalue weighted by Gasteiger charge is -2.14. The summed E-state index contributed by atoms with van der Waals surface area (Å²) in [6.45, 7) is 0. The Labute approximate surface area is 284 Å². The second-order valence-corrected chi connectivity index (χ2v) is 12.1. The van der Waals surface area contributed by atoms with E-state index in [4.69, 9.17) is 15.0 Å². The van der Waals surface area contributed by atoms with E-state index in [0.29, 0.717) is 17.6 Å². The molecule has 4 nitrogen and oxygen atoms in total. The van der Waals surface area contributed by atoms with Crippen molar-refractivity contribution in [1.29, 1.82) is 0 Å². The predicted molar refractivity (Wildman–Crippen MR) is 201 cm³/mol. The van der Waals surface area contributed by atoms with Crippen LogP contribution in [-0.2, 0) is 0 Å². The maximum absolute atomic E-state index is 5.21. The van der Waals surface area contributed by atoms with Crippen molar-refractivity contribution >= 4 is 21.8 Å². The second kappa shape index (κ2) is 12.2. The van der Waals surface area contributed by atoms with Crippen molar-refractivity contribution in [2.24, 2.45) is 0 Å². The molecule has 7 aromatic carbocycles. The summed E-state index contributed by atoms with van der Waals surface area (Å²) in [5, 5.41) is 2.32. The Hall–Kier alpha value is -6.65. The van der Waals surface area contributed by atoms with Crippen molar-refractivity contribution in [1.82, 2.24) is 19.5 Å². The molecular weight excluding hydrogens is 597 g/mol. The number of hydrogen-bond donors (Lipinski definition) is 0. The molecule has 0 spiro atoms. The van der Waals surface area contributed by atoms with Crippen LogP contribution in [0.2, 0.25) is 0 Å². The van der Waals surface area contributed by atoms with Crippen LogP contribution in [0.15, 0.2) is 182 Å². The minimum Gasteiger partial charge on any atom is -0.278 e. The van der Waals surface area contributed by atoms with Gasteiger partial charge in [0.25, 0.3) is 0 Å². The van der Waals surface area contributed by atoms with Crippen LogP contribution in [0.1, 0.15) is 0 Å². The van der Waals surface area contributed by atoms with Gasteiger partial charge in [0.2, 0.25) is 5.95 Å². The number of aromatic nitrogens is 4. The molecule has 0 aliphatic carbocycles. The first-order chi connectivity index (χ1) is 24.3. The van der Waals surface area contributed by atoms with Gasteiger partial charge in [-0.15, -0.1) is 0 Å². The van der Waals surface area contributed by atoms with Crippen LogP contribution >= 0.6 is 0 Å². The zero-order valence-electron chi connectivity index (χ0n) is 26.6. The van der Waals surface area contributed by atoms with Crippen LogP contribution in [-0.4, -0.2) is 19.5 Å². The molecule has 0 aliphatic heterocycles. The molecule has 0 saturated carbocycles. The largest absolute Gasteiger partial charge is 0.278 e. The third kappa shape index (κ3) is 5.16. The van der Waals surface area contributed by atoms with Gasteiger partial charge in [-0.3, -0.25) is 4.57 Å². The predicted octanol–water partition coefficient (Wildman–Crippen LogP) is 11.3. The number of nitrogens with zero attached hydrogens (tertiary/aromatic N) is 4. The molecule has 0 saturated heterocycles. The van der Waals surface area contributed by atoms with E-state index in [9.17, 15) is 0 Å². The molecule has 0 amide bonds. The van der Waals surface area contributed by atoms with Gasteiger partial charge in [0.1, 0.15) is 0 Å². The van der Waals surface area contributed by atoms with Crippen LogP contribution in [0.3, 0.4) is 0 Å². The molecule has 0 aliphatic rings. The quantitative estimate of drug-likeness (QED) is 0.184. The van der Waals surface area contributed by atoms with E-state index in [-0.39, 0.29) is 0 Å². The smallest absolute Gasteiger partial charge is 0.238 e. The maximum Gasteiger partial charge on any atom is 0.238 e. The Bertz CT molecular complexity index is 2530. The molecule has 230 valence electrons. The zero-order valence-corrected chi connectivity index (χ0v) is 26.6. The average molecular weight is 627 g/mol. The molecule has 0 fully saturated rings. The summed E-state index contributed by atoms with van der Waals surface area (Å²) in [5.41, 5.74) is 10.9. The summed E-state index contributed by atoms with van der Waals surface area (Å²) >= 11 is 0. The first-order valence-electron chi connectivity index (χ1n) is 16.5. The fourth-order valence-electron chi connectivity index (χ4n) is 6.80. The van der Waals surface area contributed by atoms with Crippen molar-refractivity contribution < 1.29 is 0 Å². The topological polar surface area (TPSA) is 43.6 Å². The lowest BCUT2D eigenvalue weighted by molar-refractivity contribution is 0.953. The molecule has 0 bridgehead atoms. The molecule has 0 unspecified atom stereocenters. The number of rotatable bonds is 6. The number of para-hydroxylation sites is 2. The van der Waals surface area contributed by atoms with Crippen molar-refractivity contribution in [3.63, 3.8) is 0 Å². The highest BCUT2D eigenvalue weighted by Gasteiger charge is 2.19. The van der Waals surface area contributed by atoms with E-state index in [2.05, 4.69) is 174 Å². The molecule has 2 aromatic heterocycles. The van der Waals surface area contributed by atoms with Gasteiger partial charge < -0.3 is 0 Å². The molecule has 9 aromatic rings. The van der Waals surface area contributed by atoms with Crippen LogP contribution in [0.4, 0.5) is 0 Å². The van der Waals surface area contributed by atoms with E-state index in [1.807, 2.05) is 12.1 Å². The molecule has 2 heterocycles. The summed E-state index contributed by atoms with van der Waals surface area (Å²) in [4.78, 5) is 15.6. The minimum atomic E-state index is 0.582. The van der Waals surface area contributed by atoms with Gasteiger partial charge in [-0.1, -0.05) is 170 Å². The molecule has 0 N–H and O–H groups in total. The Morgan fingerprint density at radius 3 is 1.22 bits per heavy atom. The van der Waals surface area contributed by atoms with Gasteiger partial charge in [0.15, 0.2) is 11.6 Å². The minimum absolute atomic E-state index is 0.582. The van der Waals surface area contributed by atoms with Gasteiger partial charge in [-0.25, -0.2) is 4.98 Å². The van der Waals surface area contributed by atoms with E-state index < -0.39 is 0 Å². The van der Waals surface area contributed by atoms with Crippen molar-refractivity contribution in [3.8, 4) is 62.1 Å². The highest BCUT2D eigenvalue weighted by Crippen LogP contribution is 2.36. The summed E-state index contributed by atoms with van der Waals surface area (Å²) in [5.74, 6) is 1.83. The maximum atomic E-state index is 5.21. The third-order valence-electron chi connectivity index (χ3n) is 9.12.